The quantitative estimate of drug-likeness (QED) is 0.289. The molecule has 3 amide bonds. The number of aryl methyl sites for hydroxylation is 1. The van der Waals surface area contributed by atoms with Gasteiger partial charge in [0.25, 0.3) is 17.7 Å². The van der Waals surface area contributed by atoms with Gasteiger partial charge in [-0.2, -0.15) is 4.37 Å². The zero-order valence-electron chi connectivity index (χ0n) is 21.3. The number of aromatic nitrogens is 1. The summed E-state index contributed by atoms with van der Waals surface area (Å²) in [6, 6.07) is 19.0. The summed E-state index contributed by atoms with van der Waals surface area (Å²) >= 11 is 0.754. The Balaban J connectivity index is 1.81. The maximum absolute atomic E-state index is 14.1. The van der Waals surface area contributed by atoms with Gasteiger partial charge in [0.15, 0.2) is 11.7 Å². The lowest BCUT2D eigenvalue weighted by Gasteiger charge is -2.30. The first-order valence-electron chi connectivity index (χ1n) is 12.0. The fraction of sp³-hybridized carbons (Fsp3) is 0.214. The van der Waals surface area contributed by atoms with Gasteiger partial charge in [0.05, 0.1) is 5.69 Å². The molecule has 38 heavy (non-hydrogen) atoms. The standard InChI is InChI=1S/C28H29N5O4S/c1-16(2)19-10-12-20(13-11-19)33(28(36)25-22(29)23(26(30)34)32-38-25)24(21-14-9-17(3)37-21)27(35)31-15-18-7-5-4-6-8-18/h4-14,16,24H,15,29H2,1-3H3,(H2,30,34)(H,31,35). The number of amides is 3. The van der Waals surface area contributed by atoms with Crippen LogP contribution in [0.2, 0.25) is 0 Å². The number of benzene rings is 2. The van der Waals surface area contributed by atoms with E-state index in [1.165, 1.54) is 4.90 Å². The molecule has 1 unspecified atom stereocenters. The maximum Gasteiger partial charge on any atom is 0.273 e. The van der Waals surface area contributed by atoms with Crippen LogP contribution in [0.15, 0.2) is 71.1 Å². The Morgan fingerprint density at radius 2 is 1.71 bits per heavy atom. The van der Waals surface area contributed by atoms with Crippen LogP contribution in [0, 0.1) is 6.92 Å². The molecule has 4 rings (SSSR count). The van der Waals surface area contributed by atoms with E-state index in [-0.39, 0.29) is 34.5 Å². The molecule has 0 radical (unpaired) electrons. The van der Waals surface area contributed by atoms with Crippen LogP contribution in [0.1, 0.15) is 68.6 Å². The van der Waals surface area contributed by atoms with Gasteiger partial charge in [-0.1, -0.05) is 56.3 Å². The number of carbonyl (C=O) groups excluding carboxylic acids is 3. The van der Waals surface area contributed by atoms with Crippen molar-refractivity contribution in [3.05, 3.63) is 99.9 Å². The van der Waals surface area contributed by atoms with Gasteiger partial charge < -0.3 is 21.2 Å². The summed E-state index contributed by atoms with van der Waals surface area (Å²) in [5.74, 6) is -0.795. The normalized spacial score (nSPS) is 11.8. The number of hydrogen-bond acceptors (Lipinski definition) is 7. The summed E-state index contributed by atoms with van der Waals surface area (Å²) in [5.41, 5.74) is 13.6. The molecule has 0 bridgehead atoms. The molecule has 2 aromatic heterocycles. The Morgan fingerprint density at radius 3 is 2.26 bits per heavy atom. The lowest BCUT2D eigenvalue weighted by Crippen LogP contribution is -2.43. The minimum atomic E-state index is -1.18. The first kappa shape index (κ1) is 26.6. The number of anilines is 2. The van der Waals surface area contributed by atoms with Gasteiger partial charge in [0, 0.05) is 12.2 Å². The van der Waals surface area contributed by atoms with Gasteiger partial charge in [-0.15, -0.1) is 0 Å². The second-order valence-corrected chi connectivity index (χ2v) is 9.89. The third-order valence-corrected chi connectivity index (χ3v) is 6.91. The molecule has 0 aliphatic carbocycles. The van der Waals surface area contributed by atoms with Crippen molar-refractivity contribution in [2.45, 2.75) is 39.3 Å². The van der Waals surface area contributed by atoms with Gasteiger partial charge in [-0.05, 0) is 59.8 Å². The number of nitrogen functional groups attached to an aromatic ring is 1. The van der Waals surface area contributed by atoms with Crippen LogP contribution in [0.3, 0.4) is 0 Å². The minimum absolute atomic E-state index is 0.00382. The lowest BCUT2D eigenvalue weighted by atomic mass is 10.0. The maximum atomic E-state index is 14.1. The average molecular weight is 532 g/mol. The van der Waals surface area contributed by atoms with Crippen molar-refractivity contribution in [3.63, 3.8) is 0 Å². The Labute approximate surface area is 224 Å². The molecule has 4 aromatic rings. The number of furan rings is 1. The fourth-order valence-corrected chi connectivity index (χ4v) is 4.74. The van der Waals surface area contributed by atoms with Crippen LogP contribution in [-0.4, -0.2) is 22.1 Å². The molecule has 10 heteroatoms. The van der Waals surface area contributed by atoms with Crippen molar-refractivity contribution in [2.75, 3.05) is 10.6 Å². The molecular formula is C28H29N5O4S. The Hall–Kier alpha value is -4.44. The molecule has 0 saturated carbocycles. The number of nitrogens with one attached hydrogen (secondary N) is 1. The third kappa shape index (κ3) is 5.60. The first-order chi connectivity index (χ1) is 18.2. The number of carbonyl (C=O) groups is 3. The van der Waals surface area contributed by atoms with Gasteiger partial charge in [0.1, 0.15) is 16.4 Å². The molecule has 1 atom stereocenters. The van der Waals surface area contributed by atoms with Crippen molar-refractivity contribution in [1.82, 2.24) is 9.69 Å². The van der Waals surface area contributed by atoms with Crippen molar-refractivity contribution in [2.24, 2.45) is 5.73 Å². The highest BCUT2D eigenvalue weighted by molar-refractivity contribution is 7.09. The van der Waals surface area contributed by atoms with Crippen LogP contribution in [0.4, 0.5) is 11.4 Å². The lowest BCUT2D eigenvalue weighted by molar-refractivity contribution is -0.123. The number of rotatable bonds is 9. The minimum Gasteiger partial charge on any atom is -0.464 e. The van der Waals surface area contributed by atoms with E-state index in [0.29, 0.717) is 11.4 Å². The molecule has 0 aliphatic heterocycles. The highest BCUT2D eigenvalue weighted by atomic mass is 32.1. The van der Waals surface area contributed by atoms with E-state index in [4.69, 9.17) is 15.9 Å². The van der Waals surface area contributed by atoms with E-state index in [9.17, 15) is 14.4 Å². The monoisotopic (exact) mass is 531 g/mol. The summed E-state index contributed by atoms with van der Waals surface area (Å²) in [5, 5.41) is 2.92. The van der Waals surface area contributed by atoms with Gasteiger partial charge in [-0.25, -0.2) is 0 Å². The Morgan fingerprint density at radius 1 is 1.03 bits per heavy atom. The average Bonchev–Trinajstić information content (AvgIpc) is 3.51. The van der Waals surface area contributed by atoms with Gasteiger partial charge in [-0.3, -0.25) is 19.3 Å². The highest BCUT2D eigenvalue weighted by Gasteiger charge is 2.37. The number of nitrogens with zero attached hydrogens (tertiary/aromatic N) is 2. The van der Waals surface area contributed by atoms with Crippen LogP contribution in [-0.2, 0) is 11.3 Å². The molecule has 2 heterocycles. The summed E-state index contributed by atoms with van der Waals surface area (Å²) in [4.78, 5) is 40.9. The van der Waals surface area contributed by atoms with E-state index >= 15 is 0 Å². The molecule has 9 nitrogen and oxygen atoms in total. The summed E-state index contributed by atoms with van der Waals surface area (Å²) in [6.45, 7) is 6.13. The number of hydrogen-bond donors (Lipinski definition) is 3. The molecular weight excluding hydrogens is 502 g/mol. The van der Waals surface area contributed by atoms with E-state index in [1.54, 1.807) is 31.2 Å². The summed E-state index contributed by atoms with van der Waals surface area (Å²) in [6.07, 6.45) is 0. The van der Waals surface area contributed by atoms with Crippen molar-refractivity contribution in [1.29, 1.82) is 0 Å². The Kier molecular flexibility index (Phi) is 7.92. The predicted octanol–water partition coefficient (Wildman–Crippen LogP) is 4.55. The van der Waals surface area contributed by atoms with E-state index in [0.717, 1.165) is 22.7 Å². The third-order valence-electron chi connectivity index (χ3n) is 6.06. The Bertz CT molecular complexity index is 1440. The molecule has 2 aromatic carbocycles. The van der Waals surface area contributed by atoms with Gasteiger partial charge in [0.2, 0.25) is 0 Å². The molecule has 0 spiro atoms. The van der Waals surface area contributed by atoms with Gasteiger partial charge >= 0.3 is 0 Å². The van der Waals surface area contributed by atoms with E-state index < -0.39 is 23.8 Å². The van der Waals surface area contributed by atoms with E-state index in [2.05, 4.69) is 23.5 Å². The highest BCUT2D eigenvalue weighted by Crippen LogP contribution is 2.34. The van der Waals surface area contributed by atoms with Crippen molar-refractivity contribution < 1.29 is 18.8 Å². The zero-order chi connectivity index (χ0) is 27.4. The molecule has 0 aliphatic rings. The molecule has 196 valence electrons. The SMILES string of the molecule is Cc1ccc(C(C(=O)NCc2ccccc2)N(C(=O)c2snc(C(N)=O)c2N)c2ccc(C(C)C)cc2)o1. The van der Waals surface area contributed by atoms with Crippen LogP contribution in [0.5, 0.6) is 0 Å². The molecule has 5 N–H and O–H groups in total. The predicted molar refractivity (Wildman–Crippen MR) is 147 cm³/mol. The fourth-order valence-electron chi connectivity index (χ4n) is 4.00. The first-order valence-corrected chi connectivity index (χ1v) is 12.8. The number of primary amides is 1. The zero-order valence-corrected chi connectivity index (χ0v) is 22.1. The van der Waals surface area contributed by atoms with Crippen molar-refractivity contribution >= 4 is 40.6 Å². The van der Waals surface area contributed by atoms with Crippen molar-refractivity contribution in [3.8, 4) is 0 Å². The van der Waals surface area contributed by atoms with E-state index in [1.807, 2.05) is 42.5 Å². The van der Waals surface area contributed by atoms with Crippen LogP contribution < -0.4 is 21.7 Å². The second kappa shape index (κ2) is 11.3. The molecule has 0 fully saturated rings. The smallest absolute Gasteiger partial charge is 0.273 e. The summed E-state index contributed by atoms with van der Waals surface area (Å²) in [7, 11) is 0. The molecule has 0 saturated heterocycles. The number of nitrogens with two attached hydrogens (primary N) is 2. The summed E-state index contributed by atoms with van der Waals surface area (Å²) < 4.78 is 9.85. The largest absolute Gasteiger partial charge is 0.464 e. The topological polar surface area (TPSA) is 145 Å². The van der Waals surface area contributed by atoms with Crippen LogP contribution in [0.25, 0.3) is 0 Å². The second-order valence-electron chi connectivity index (χ2n) is 9.11. The van der Waals surface area contributed by atoms with Crippen LogP contribution >= 0.6 is 11.5 Å².